The van der Waals surface area contributed by atoms with E-state index in [9.17, 15) is 14.4 Å². The van der Waals surface area contributed by atoms with Crippen LogP contribution < -0.4 is 11.2 Å². The van der Waals surface area contributed by atoms with Crippen molar-refractivity contribution in [3.8, 4) is 0 Å². The number of nitrogens with zero attached hydrogens (tertiary/aromatic N) is 4. The van der Waals surface area contributed by atoms with E-state index in [1.54, 1.807) is 37.7 Å². The summed E-state index contributed by atoms with van der Waals surface area (Å²) in [5.74, 6) is -0.353. The molecule has 0 radical (unpaired) electrons. The highest BCUT2D eigenvalue weighted by atomic mass is 16.5. The molecule has 0 aromatic carbocycles. The molecular weight excluding hydrogens is 300 g/mol. The molecule has 0 saturated heterocycles. The van der Waals surface area contributed by atoms with Crippen LogP contribution in [0.5, 0.6) is 0 Å². The van der Waals surface area contributed by atoms with Crippen molar-refractivity contribution >= 4 is 17.1 Å². The quantitative estimate of drug-likeness (QED) is 0.585. The lowest BCUT2D eigenvalue weighted by Gasteiger charge is -2.08. The number of ether oxygens (including phenoxy) is 1. The van der Waals surface area contributed by atoms with Gasteiger partial charge in [0.05, 0.1) is 6.33 Å². The number of esters is 1. The van der Waals surface area contributed by atoms with Crippen LogP contribution in [0.15, 0.2) is 28.1 Å². The molecule has 2 aromatic rings. The molecule has 1 unspecified atom stereocenters. The summed E-state index contributed by atoms with van der Waals surface area (Å²) in [5.41, 5.74) is 0.00861. The first-order chi connectivity index (χ1) is 10.8. The number of rotatable bonds is 5. The average molecular weight is 320 g/mol. The summed E-state index contributed by atoms with van der Waals surface area (Å²) in [5, 5.41) is 0. The van der Waals surface area contributed by atoms with Gasteiger partial charge in [0.2, 0.25) is 0 Å². The summed E-state index contributed by atoms with van der Waals surface area (Å²) in [7, 11) is 3.30. The van der Waals surface area contributed by atoms with Crippen molar-refractivity contribution in [3.63, 3.8) is 0 Å². The second-order valence-corrected chi connectivity index (χ2v) is 5.36. The molecule has 0 spiro atoms. The van der Waals surface area contributed by atoms with Crippen LogP contribution in [0.3, 0.4) is 0 Å². The highest BCUT2D eigenvalue weighted by Gasteiger charge is 2.14. The van der Waals surface area contributed by atoms with E-state index in [1.165, 1.54) is 22.4 Å². The minimum Gasteiger partial charge on any atom is -0.459 e. The fourth-order valence-corrected chi connectivity index (χ4v) is 2.39. The second-order valence-electron chi connectivity index (χ2n) is 5.36. The molecular formula is C15H20N4O4. The van der Waals surface area contributed by atoms with Gasteiger partial charge in [0.1, 0.15) is 6.10 Å². The zero-order valence-electron chi connectivity index (χ0n) is 13.6. The lowest BCUT2D eigenvalue weighted by atomic mass is 10.3. The molecule has 1 atom stereocenters. The Kier molecular flexibility index (Phi) is 4.83. The van der Waals surface area contributed by atoms with Gasteiger partial charge >= 0.3 is 11.7 Å². The van der Waals surface area contributed by atoms with Crippen LogP contribution >= 0.6 is 0 Å². The Bertz CT molecular complexity index is 872. The van der Waals surface area contributed by atoms with Gasteiger partial charge in [0, 0.05) is 27.6 Å². The Balaban J connectivity index is 2.23. The number of fused-ring (bicyclic) bond motifs is 1. The molecule has 0 N–H and O–H groups in total. The third kappa shape index (κ3) is 3.41. The fraction of sp³-hybridized carbons (Fsp3) is 0.467. The molecule has 0 saturated carbocycles. The lowest BCUT2D eigenvalue weighted by Crippen LogP contribution is -2.39. The number of imidazole rings is 1. The molecule has 23 heavy (non-hydrogen) atoms. The third-order valence-electron chi connectivity index (χ3n) is 3.48. The van der Waals surface area contributed by atoms with Gasteiger partial charge < -0.3 is 9.30 Å². The van der Waals surface area contributed by atoms with Gasteiger partial charge in [-0.05, 0) is 19.4 Å². The molecule has 0 aliphatic rings. The maximum Gasteiger partial charge on any atom is 0.332 e. The molecule has 8 nitrogen and oxygen atoms in total. The monoisotopic (exact) mass is 320 g/mol. The lowest BCUT2D eigenvalue weighted by molar-refractivity contribution is -0.143. The Hall–Kier alpha value is -2.64. The summed E-state index contributed by atoms with van der Waals surface area (Å²) in [6, 6.07) is 0. The number of allylic oxidation sites excluding steroid dienone is 1. The minimum absolute atomic E-state index is 0.246. The summed E-state index contributed by atoms with van der Waals surface area (Å²) < 4.78 is 9.11. The van der Waals surface area contributed by atoms with Crippen LogP contribution in [-0.4, -0.2) is 30.8 Å². The molecule has 0 aliphatic heterocycles. The highest BCUT2D eigenvalue weighted by molar-refractivity contribution is 5.69. The summed E-state index contributed by atoms with van der Waals surface area (Å²) >= 11 is 0. The van der Waals surface area contributed by atoms with Crippen LogP contribution in [0.4, 0.5) is 0 Å². The average Bonchev–Trinajstić information content (AvgIpc) is 2.85. The van der Waals surface area contributed by atoms with Crippen molar-refractivity contribution < 1.29 is 9.53 Å². The maximum atomic E-state index is 12.5. The molecule has 8 heteroatoms. The van der Waals surface area contributed by atoms with Crippen LogP contribution in [0.25, 0.3) is 11.2 Å². The first-order valence-electron chi connectivity index (χ1n) is 7.27. The number of aryl methyl sites for hydroxylation is 2. The molecule has 2 heterocycles. The van der Waals surface area contributed by atoms with E-state index in [0.717, 1.165) is 0 Å². The predicted octanol–water partition coefficient (Wildman–Crippen LogP) is 0.332. The van der Waals surface area contributed by atoms with Crippen molar-refractivity contribution in [2.75, 3.05) is 0 Å². The van der Waals surface area contributed by atoms with Crippen molar-refractivity contribution in [1.82, 2.24) is 18.7 Å². The van der Waals surface area contributed by atoms with Gasteiger partial charge in [-0.3, -0.25) is 18.7 Å². The maximum absolute atomic E-state index is 12.5. The van der Waals surface area contributed by atoms with Crippen molar-refractivity contribution in [1.29, 1.82) is 0 Å². The molecule has 2 aromatic heterocycles. The summed E-state index contributed by atoms with van der Waals surface area (Å²) in [6.45, 7) is 3.33. The zero-order chi connectivity index (χ0) is 17.1. The molecule has 124 valence electrons. The predicted molar refractivity (Wildman–Crippen MR) is 85.2 cm³/mol. The molecule has 2 rings (SSSR count). The van der Waals surface area contributed by atoms with Gasteiger partial charge in [-0.25, -0.2) is 9.78 Å². The van der Waals surface area contributed by atoms with E-state index in [-0.39, 0.29) is 24.2 Å². The summed E-state index contributed by atoms with van der Waals surface area (Å²) in [4.78, 5) is 39.6. The third-order valence-corrected chi connectivity index (χ3v) is 3.48. The first-order valence-corrected chi connectivity index (χ1v) is 7.27. The standard InChI is InChI=1S/C15H20N4O4/c1-10(23-11(2)20)7-5-6-8-19-14(21)12-13(16-9-17(12)3)18(4)15(19)22/h5,7,9-10H,6,8H2,1-4H3. The van der Waals surface area contributed by atoms with E-state index in [4.69, 9.17) is 4.74 Å². The smallest absolute Gasteiger partial charge is 0.332 e. The largest absolute Gasteiger partial charge is 0.459 e. The molecule has 0 bridgehead atoms. The fourth-order valence-electron chi connectivity index (χ4n) is 2.39. The second kappa shape index (κ2) is 6.64. The van der Waals surface area contributed by atoms with E-state index in [2.05, 4.69) is 4.98 Å². The van der Waals surface area contributed by atoms with Gasteiger partial charge in [0.25, 0.3) is 5.56 Å². The van der Waals surface area contributed by atoms with Gasteiger partial charge in [-0.2, -0.15) is 0 Å². The highest BCUT2D eigenvalue weighted by Crippen LogP contribution is 2.03. The Morgan fingerprint density at radius 2 is 2.09 bits per heavy atom. The van der Waals surface area contributed by atoms with Gasteiger partial charge in [-0.15, -0.1) is 0 Å². The summed E-state index contributed by atoms with van der Waals surface area (Å²) in [6.07, 6.45) is 5.15. The molecule has 0 amide bonds. The Morgan fingerprint density at radius 1 is 1.39 bits per heavy atom. The number of hydrogen-bond acceptors (Lipinski definition) is 5. The van der Waals surface area contributed by atoms with E-state index in [0.29, 0.717) is 17.6 Å². The van der Waals surface area contributed by atoms with Gasteiger partial charge in [0.15, 0.2) is 11.2 Å². The topological polar surface area (TPSA) is 88.1 Å². The van der Waals surface area contributed by atoms with Crippen LogP contribution in [-0.2, 0) is 30.2 Å². The van der Waals surface area contributed by atoms with E-state index >= 15 is 0 Å². The van der Waals surface area contributed by atoms with Gasteiger partial charge in [-0.1, -0.05) is 6.08 Å². The van der Waals surface area contributed by atoms with E-state index in [1.807, 2.05) is 0 Å². The SMILES string of the molecule is CC(=O)OC(C)C=CCCn1c(=O)c2c(ncn2C)n(C)c1=O. The number of hydrogen-bond donors (Lipinski definition) is 0. The van der Waals surface area contributed by atoms with Crippen molar-refractivity contribution in [3.05, 3.63) is 39.3 Å². The first kappa shape index (κ1) is 16.7. The molecule has 0 fully saturated rings. The Morgan fingerprint density at radius 3 is 2.74 bits per heavy atom. The minimum atomic E-state index is -0.400. The van der Waals surface area contributed by atoms with Crippen LogP contribution in [0.2, 0.25) is 0 Å². The van der Waals surface area contributed by atoms with Crippen LogP contribution in [0, 0.1) is 0 Å². The van der Waals surface area contributed by atoms with Crippen molar-refractivity contribution in [2.45, 2.75) is 32.9 Å². The zero-order valence-corrected chi connectivity index (χ0v) is 13.6. The number of aromatic nitrogens is 4. The number of carbonyl (C=O) groups is 1. The molecule has 0 aliphatic carbocycles. The number of carbonyl (C=O) groups excluding carboxylic acids is 1. The van der Waals surface area contributed by atoms with Crippen LogP contribution in [0.1, 0.15) is 20.3 Å². The normalized spacial score (nSPS) is 12.9. The Labute approximate surface area is 132 Å². The van der Waals surface area contributed by atoms with E-state index < -0.39 is 5.69 Å². The van der Waals surface area contributed by atoms with Crippen molar-refractivity contribution in [2.24, 2.45) is 14.1 Å².